The Bertz CT molecular complexity index is 1010. The van der Waals surface area contributed by atoms with Gasteiger partial charge < -0.3 is 14.2 Å². The smallest absolute Gasteiger partial charge is 0.338 e. The molecule has 0 saturated carbocycles. The van der Waals surface area contributed by atoms with Gasteiger partial charge in [0, 0.05) is 0 Å². The normalized spacial score (nSPS) is 10.4. The van der Waals surface area contributed by atoms with Crippen LogP contribution in [0, 0.1) is 0 Å². The molecule has 0 aromatic heterocycles. The van der Waals surface area contributed by atoms with Gasteiger partial charge in [0.1, 0.15) is 5.75 Å². The van der Waals surface area contributed by atoms with Crippen LogP contribution in [0.3, 0.4) is 0 Å². The summed E-state index contributed by atoms with van der Waals surface area (Å²) in [4.78, 5) is 36.1. The third-order valence-electron chi connectivity index (χ3n) is 4.20. The number of carbonyl (C=O) groups excluding carboxylic acids is 3. The number of ether oxygens (including phenoxy) is 3. The molecule has 0 aliphatic heterocycles. The molecule has 3 aromatic carbocycles. The fourth-order valence-corrected chi connectivity index (χ4v) is 2.90. The molecule has 0 fully saturated rings. The van der Waals surface area contributed by atoms with Gasteiger partial charge in [0.05, 0.1) is 31.8 Å². The van der Waals surface area contributed by atoms with Gasteiger partial charge in [-0.3, -0.25) is 4.79 Å². The van der Waals surface area contributed by atoms with E-state index in [1.165, 1.54) is 32.4 Å². The molecular formula is C22H18O6. The number of rotatable bonds is 5. The number of fused-ring (bicyclic) bond motifs is 1. The first-order valence-corrected chi connectivity index (χ1v) is 8.51. The first-order chi connectivity index (χ1) is 13.5. The summed E-state index contributed by atoms with van der Waals surface area (Å²) < 4.78 is 14.7. The highest BCUT2D eigenvalue weighted by atomic mass is 16.5. The maximum atomic E-state index is 12.5. The van der Waals surface area contributed by atoms with Crippen molar-refractivity contribution in [3.63, 3.8) is 0 Å². The minimum absolute atomic E-state index is 0.0391. The second-order valence-electron chi connectivity index (χ2n) is 6.02. The van der Waals surface area contributed by atoms with Crippen LogP contribution in [-0.4, -0.2) is 32.1 Å². The molecule has 6 heteroatoms. The molecule has 0 bridgehead atoms. The van der Waals surface area contributed by atoms with E-state index in [0.717, 1.165) is 16.3 Å². The van der Waals surface area contributed by atoms with Crippen LogP contribution in [0.15, 0.2) is 60.7 Å². The number of hydrogen-bond acceptors (Lipinski definition) is 6. The molecule has 0 heterocycles. The third kappa shape index (κ3) is 4.17. The molecule has 0 amide bonds. The standard InChI is InChI=1S/C22H18O6/c1-26-21(24)16-10-17(22(25)27-2)12-18(11-16)28-20(23)13-15-8-5-7-14-6-3-4-9-19(14)15/h3-12H,13H2,1-2H3. The lowest BCUT2D eigenvalue weighted by molar-refractivity contribution is -0.133. The van der Waals surface area contributed by atoms with Crippen LogP contribution in [0.5, 0.6) is 5.75 Å². The molecule has 0 radical (unpaired) electrons. The van der Waals surface area contributed by atoms with E-state index in [1.807, 2.05) is 42.5 Å². The summed E-state index contributed by atoms with van der Waals surface area (Å²) in [6, 6.07) is 17.4. The molecule has 0 atom stereocenters. The predicted octanol–water partition coefficient (Wildman–Crippen LogP) is 3.56. The fourth-order valence-electron chi connectivity index (χ4n) is 2.90. The zero-order chi connectivity index (χ0) is 20.1. The summed E-state index contributed by atoms with van der Waals surface area (Å²) in [6.45, 7) is 0. The van der Waals surface area contributed by atoms with E-state index in [9.17, 15) is 14.4 Å². The van der Waals surface area contributed by atoms with Gasteiger partial charge in [-0.15, -0.1) is 0 Å². The molecular weight excluding hydrogens is 360 g/mol. The maximum Gasteiger partial charge on any atom is 0.338 e. The van der Waals surface area contributed by atoms with Gasteiger partial charge in [0.2, 0.25) is 0 Å². The minimum Gasteiger partial charge on any atom is -0.465 e. The van der Waals surface area contributed by atoms with Crippen LogP contribution >= 0.6 is 0 Å². The molecule has 28 heavy (non-hydrogen) atoms. The Labute approximate surface area is 161 Å². The summed E-state index contributed by atoms with van der Waals surface area (Å²) in [5.74, 6) is -1.77. The lowest BCUT2D eigenvalue weighted by Gasteiger charge is -2.10. The van der Waals surface area contributed by atoms with Gasteiger partial charge in [0.25, 0.3) is 0 Å². The lowest BCUT2D eigenvalue weighted by Crippen LogP contribution is -2.13. The van der Waals surface area contributed by atoms with E-state index in [-0.39, 0.29) is 23.3 Å². The van der Waals surface area contributed by atoms with E-state index in [1.54, 1.807) is 0 Å². The van der Waals surface area contributed by atoms with E-state index in [4.69, 9.17) is 4.74 Å². The second-order valence-corrected chi connectivity index (χ2v) is 6.02. The maximum absolute atomic E-state index is 12.5. The van der Waals surface area contributed by atoms with Crippen LogP contribution in [-0.2, 0) is 20.7 Å². The SMILES string of the molecule is COC(=O)c1cc(OC(=O)Cc2cccc3ccccc23)cc(C(=O)OC)c1. The average Bonchev–Trinajstić information content (AvgIpc) is 2.72. The Morgan fingerprint density at radius 2 is 1.39 bits per heavy atom. The van der Waals surface area contributed by atoms with Crippen molar-refractivity contribution < 1.29 is 28.6 Å². The zero-order valence-corrected chi connectivity index (χ0v) is 15.4. The Hall–Kier alpha value is -3.67. The van der Waals surface area contributed by atoms with E-state index < -0.39 is 17.9 Å². The predicted molar refractivity (Wildman–Crippen MR) is 102 cm³/mol. The van der Waals surface area contributed by atoms with E-state index in [2.05, 4.69) is 9.47 Å². The Kier molecular flexibility index (Phi) is 5.69. The number of hydrogen-bond donors (Lipinski definition) is 0. The van der Waals surface area contributed by atoms with Crippen LogP contribution in [0.4, 0.5) is 0 Å². The van der Waals surface area contributed by atoms with Gasteiger partial charge >= 0.3 is 17.9 Å². The summed E-state index contributed by atoms with van der Waals surface area (Å²) in [7, 11) is 2.44. The third-order valence-corrected chi connectivity index (χ3v) is 4.20. The average molecular weight is 378 g/mol. The summed E-state index contributed by atoms with van der Waals surface area (Å²) in [5, 5.41) is 1.98. The Balaban J connectivity index is 1.86. The minimum atomic E-state index is -0.655. The van der Waals surface area contributed by atoms with Gasteiger partial charge in [-0.1, -0.05) is 42.5 Å². The topological polar surface area (TPSA) is 78.9 Å². The highest BCUT2D eigenvalue weighted by molar-refractivity contribution is 5.96. The van der Waals surface area contributed by atoms with Crippen LogP contribution in [0.25, 0.3) is 10.8 Å². The van der Waals surface area contributed by atoms with Gasteiger partial charge in [-0.05, 0) is 34.5 Å². The van der Waals surface area contributed by atoms with Crippen molar-refractivity contribution >= 4 is 28.7 Å². The number of methoxy groups -OCH3 is 2. The van der Waals surface area contributed by atoms with Crippen LogP contribution in [0.2, 0.25) is 0 Å². The van der Waals surface area contributed by atoms with Crippen molar-refractivity contribution in [1.82, 2.24) is 0 Å². The summed E-state index contributed by atoms with van der Waals surface area (Å²) in [6.07, 6.45) is 0.0391. The number of esters is 3. The van der Waals surface area contributed by atoms with Crippen molar-refractivity contribution in [1.29, 1.82) is 0 Å². The van der Waals surface area contributed by atoms with Crippen molar-refractivity contribution in [2.75, 3.05) is 14.2 Å². The fraction of sp³-hybridized carbons (Fsp3) is 0.136. The molecule has 0 N–H and O–H groups in total. The van der Waals surface area contributed by atoms with E-state index >= 15 is 0 Å². The van der Waals surface area contributed by atoms with Crippen molar-refractivity contribution in [2.45, 2.75) is 6.42 Å². The van der Waals surface area contributed by atoms with E-state index in [0.29, 0.717) is 0 Å². The largest absolute Gasteiger partial charge is 0.465 e. The molecule has 0 saturated heterocycles. The van der Waals surface area contributed by atoms with Crippen molar-refractivity contribution in [3.8, 4) is 5.75 Å². The van der Waals surface area contributed by atoms with Gasteiger partial charge in [-0.2, -0.15) is 0 Å². The molecule has 0 spiro atoms. The summed E-state index contributed by atoms with van der Waals surface area (Å²) >= 11 is 0. The molecule has 0 unspecified atom stereocenters. The lowest BCUT2D eigenvalue weighted by atomic mass is 10.0. The highest BCUT2D eigenvalue weighted by Gasteiger charge is 2.16. The van der Waals surface area contributed by atoms with Crippen molar-refractivity contribution in [2.24, 2.45) is 0 Å². The quantitative estimate of drug-likeness (QED) is 0.499. The van der Waals surface area contributed by atoms with Crippen LogP contribution in [0.1, 0.15) is 26.3 Å². The van der Waals surface area contributed by atoms with Crippen LogP contribution < -0.4 is 4.74 Å². The molecule has 6 nitrogen and oxygen atoms in total. The number of benzene rings is 3. The van der Waals surface area contributed by atoms with Gasteiger partial charge in [-0.25, -0.2) is 9.59 Å². The Morgan fingerprint density at radius 1 is 0.786 bits per heavy atom. The van der Waals surface area contributed by atoms with Gasteiger partial charge in [0.15, 0.2) is 0 Å². The monoisotopic (exact) mass is 378 g/mol. The first kappa shape index (κ1) is 19.1. The van der Waals surface area contributed by atoms with Crippen molar-refractivity contribution in [3.05, 3.63) is 77.4 Å². The summed E-state index contributed by atoms with van der Waals surface area (Å²) in [5.41, 5.74) is 0.983. The Morgan fingerprint density at radius 3 is 2.04 bits per heavy atom. The number of carbonyl (C=O) groups is 3. The molecule has 0 aliphatic carbocycles. The molecule has 3 aromatic rings. The molecule has 0 aliphatic rings. The second kappa shape index (κ2) is 8.35. The molecule has 142 valence electrons. The molecule has 3 rings (SSSR count). The highest BCUT2D eigenvalue weighted by Crippen LogP contribution is 2.22. The first-order valence-electron chi connectivity index (χ1n) is 8.51. The zero-order valence-electron chi connectivity index (χ0n) is 15.4.